The Hall–Kier alpha value is -5.55. The van der Waals surface area contributed by atoms with Crippen LogP contribution in [-0.2, 0) is 0 Å². The van der Waals surface area contributed by atoms with Crippen molar-refractivity contribution in [2.75, 3.05) is 6.54 Å². The third-order valence-electron chi connectivity index (χ3n) is 7.71. The van der Waals surface area contributed by atoms with Crippen molar-refractivity contribution in [3.63, 3.8) is 0 Å². The number of pyridine rings is 3. The predicted octanol–water partition coefficient (Wildman–Crippen LogP) is 7.96. The zero-order valence-electron chi connectivity index (χ0n) is 22.2. The molecule has 0 aliphatic carbocycles. The third kappa shape index (κ3) is 3.98. The Labute approximate surface area is 237 Å². The number of nitrogens with one attached hydrogen (secondary N) is 1. The second-order valence-corrected chi connectivity index (χ2v) is 10.2. The van der Waals surface area contributed by atoms with E-state index in [1.54, 1.807) is 0 Å². The first-order valence-electron chi connectivity index (χ1n) is 13.8. The molecule has 0 saturated heterocycles. The first kappa shape index (κ1) is 23.3. The van der Waals surface area contributed by atoms with Crippen molar-refractivity contribution >= 4 is 38.2 Å². The van der Waals surface area contributed by atoms with E-state index in [1.165, 1.54) is 16.2 Å². The van der Waals surface area contributed by atoms with Gasteiger partial charge in [-0.15, -0.1) is 0 Å². The molecule has 194 valence electrons. The summed E-state index contributed by atoms with van der Waals surface area (Å²) in [5.41, 5.74) is 8.01. The molecule has 1 N–H and O–H groups in total. The molecule has 0 bridgehead atoms. The molecule has 0 radical (unpaired) electrons. The van der Waals surface area contributed by atoms with Gasteiger partial charge in [-0.2, -0.15) is 0 Å². The van der Waals surface area contributed by atoms with Crippen LogP contribution in [0, 0.1) is 0 Å². The van der Waals surface area contributed by atoms with Crippen LogP contribution in [0.5, 0.6) is 0 Å². The summed E-state index contributed by atoms with van der Waals surface area (Å²) in [6, 6.07) is 35.9. The van der Waals surface area contributed by atoms with Crippen LogP contribution in [0.25, 0.3) is 66.5 Å². The van der Waals surface area contributed by atoms with Crippen molar-refractivity contribution in [2.45, 2.75) is 0 Å². The van der Waals surface area contributed by atoms with Crippen LogP contribution < -0.4 is 5.32 Å². The van der Waals surface area contributed by atoms with E-state index in [0.717, 1.165) is 62.6 Å². The fourth-order valence-corrected chi connectivity index (χ4v) is 5.82. The van der Waals surface area contributed by atoms with Gasteiger partial charge in [-0.3, -0.25) is 9.55 Å². The molecule has 0 atom stereocenters. The topological polar surface area (TPSA) is 55.6 Å². The van der Waals surface area contributed by atoms with Crippen LogP contribution in [0.15, 0.2) is 134 Å². The van der Waals surface area contributed by atoms with Gasteiger partial charge in [0.15, 0.2) is 0 Å². The maximum absolute atomic E-state index is 5.22. The second-order valence-electron chi connectivity index (χ2n) is 10.2. The number of allylic oxidation sites excluding steroid dienone is 2. The molecule has 0 unspecified atom stereocenters. The van der Waals surface area contributed by atoms with E-state index in [1.807, 2.05) is 18.6 Å². The number of hydrogen-bond acceptors (Lipinski definition) is 4. The smallest absolute Gasteiger partial charge is 0.138 e. The van der Waals surface area contributed by atoms with Crippen LogP contribution >= 0.6 is 0 Å². The van der Waals surface area contributed by atoms with Gasteiger partial charge in [0.1, 0.15) is 5.82 Å². The molecule has 4 aromatic heterocycles. The summed E-state index contributed by atoms with van der Waals surface area (Å²) >= 11 is 0. The second kappa shape index (κ2) is 9.57. The molecule has 41 heavy (non-hydrogen) atoms. The SMILES string of the molecule is C1=CC(c2cc(-c3cccc(-n4c5ccccc5c5ccncc54)n3)cc(-c3cccc4ccccc34)n2)=CNC1. The van der Waals surface area contributed by atoms with Crippen LogP contribution in [0.2, 0.25) is 0 Å². The van der Waals surface area contributed by atoms with Crippen molar-refractivity contribution in [2.24, 2.45) is 0 Å². The Morgan fingerprint density at radius 1 is 0.659 bits per heavy atom. The van der Waals surface area contributed by atoms with E-state index in [2.05, 4.69) is 130 Å². The van der Waals surface area contributed by atoms with Gasteiger partial charge in [0.25, 0.3) is 0 Å². The van der Waals surface area contributed by atoms with Gasteiger partial charge >= 0.3 is 0 Å². The molecule has 0 amide bonds. The first-order chi connectivity index (χ1) is 20.3. The minimum Gasteiger partial charge on any atom is -0.387 e. The molecular formula is C36H25N5. The molecular weight excluding hydrogens is 502 g/mol. The average molecular weight is 528 g/mol. The van der Waals surface area contributed by atoms with Crippen molar-refractivity contribution in [1.82, 2.24) is 24.8 Å². The van der Waals surface area contributed by atoms with Gasteiger partial charge in [-0.25, -0.2) is 9.97 Å². The fraction of sp³-hybridized carbons (Fsp3) is 0.0278. The number of rotatable bonds is 4. The van der Waals surface area contributed by atoms with Gasteiger partial charge in [-0.1, -0.05) is 78.9 Å². The summed E-state index contributed by atoms with van der Waals surface area (Å²) in [4.78, 5) is 14.8. The average Bonchev–Trinajstić information content (AvgIpc) is 3.39. The van der Waals surface area contributed by atoms with Crippen molar-refractivity contribution in [3.05, 3.63) is 140 Å². The summed E-state index contributed by atoms with van der Waals surface area (Å²) in [7, 11) is 0. The summed E-state index contributed by atoms with van der Waals surface area (Å²) < 4.78 is 2.20. The summed E-state index contributed by atoms with van der Waals surface area (Å²) in [5.74, 6) is 0.852. The molecule has 1 aliphatic heterocycles. The summed E-state index contributed by atoms with van der Waals surface area (Å²) in [6.07, 6.45) is 10.1. The van der Waals surface area contributed by atoms with Crippen LogP contribution in [0.3, 0.4) is 0 Å². The number of dihydropyridines is 1. The van der Waals surface area contributed by atoms with Gasteiger partial charge in [-0.05, 0) is 47.2 Å². The van der Waals surface area contributed by atoms with Gasteiger partial charge in [0, 0.05) is 46.4 Å². The lowest BCUT2D eigenvalue weighted by atomic mass is 9.98. The third-order valence-corrected chi connectivity index (χ3v) is 7.71. The van der Waals surface area contributed by atoms with Gasteiger partial charge < -0.3 is 5.32 Å². The summed E-state index contributed by atoms with van der Waals surface area (Å²) in [5, 5.41) is 8.05. The lowest BCUT2D eigenvalue weighted by Crippen LogP contribution is -2.09. The molecule has 0 saturated carbocycles. The predicted molar refractivity (Wildman–Crippen MR) is 168 cm³/mol. The number of fused-ring (bicyclic) bond motifs is 4. The fourth-order valence-electron chi connectivity index (χ4n) is 5.82. The van der Waals surface area contributed by atoms with E-state index in [4.69, 9.17) is 9.97 Å². The van der Waals surface area contributed by atoms with E-state index >= 15 is 0 Å². The maximum atomic E-state index is 5.22. The number of nitrogens with zero attached hydrogens (tertiary/aromatic N) is 4. The van der Waals surface area contributed by atoms with Crippen LogP contribution in [0.4, 0.5) is 0 Å². The lowest BCUT2D eigenvalue weighted by Gasteiger charge is -2.14. The molecule has 8 rings (SSSR count). The van der Waals surface area contributed by atoms with Crippen molar-refractivity contribution < 1.29 is 0 Å². The number of benzene rings is 3. The molecule has 7 aromatic rings. The zero-order valence-corrected chi connectivity index (χ0v) is 22.2. The highest BCUT2D eigenvalue weighted by atomic mass is 15.1. The van der Waals surface area contributed by atoms with Crippen LogP contribution in [-0.4, -0.2) is 26.1 Å². The van der Waals surface area contributed by atoms with E-state index in [-0.39, 0.29) is 0 Å². The Bertz CT molecular complexity index is 2110. The molecule has 0 fully saturated rings. The Kier molecular flexibility index (Phi) is 5.45. The Morgan fingerprint density at radius 2 is 1.46 bits per heavy atom. The van der Waals surface area contributed by atoms with E-state index < -0.39 is 0 Å². The van der Waals surface area contributed by atoms with Crippen LogP contribution in [0.1, 0.15) is 5.69 Å². The molecule has 1 aliphatic rings. The highest BCUT2D eigenvalue weighted by Crippen LogP contribution is 2.34. The normalized spacial score (nSPS) is 13.0. The van der Waals surface area contributed by atoms with Gasteiger partial charge in [0.05, 0.1) is 34.3 Å². The van der Waals surface area contributed by atoms with Crippen molar-refractivity contribution in [3.8, 4) is 28.3 Å². The zero-order chi connectivity index (χ0) is 27.2. The largest absolute Gasteiger partial charge is 0.387 e. The highest BCUT2D eigenvalue weighted by molar-refractivity contribution is 6.08. The molecule has 5 nitrogen and oxygen atoms in total. The minimum atomic E-state index is 0.816. The quantitative estimate of drug-likeness (QED) is 0.252. The van der Waals surface area contributed by atoms with Crippen molar-refractivity contribution in [1.29, 1.82) is 0 Å². The lowest BCUT2D eigenvalue weighted by molar-refractivity contribution is 0.974. The molecule has 3 aromatic carbocycles. The Morgan fingerprint density at radius 3 is 2.39 bits per heavy atom. The standard InChI is InChI=1S/C36H25N5/c1-2-11-27-24(8-1)9-5-13-28(27)33-21-26(20-32(39-33)25-10-7-18-37-22-25)31-14-6-16-36(40-31)41-34-15-4-3-12-29(34)30-17-19-38-23-35(30)41/h1-17,19-23,37H,18H2. The minimum absolute atomic E-state index is 0.816. The molecule has 5 heterocycles. The Balaban J connectivity index is 1.34. The highest BCUT2D eigenvalue weighted by Gasteiger charge is 2.16. The van der Waals surface area contributed by atoms with E-state index in [9.17, 15) is 0 Å². The molecule has 0 spiro atoms. The number of aromatic nitrogens is 4. The first-order valence-corrected chi connectivity index (χ1v) is 13.8. The van der Waals surface area contributed by atoms with Gasteiger partial charge in [0.2, 0.25) is 0 Å². The maximum Gasteiger partial charge on any atom is 0.138 e. The van der Waals surface area contributed by atoms with E-state index in [0.29, 0.717) is 0 Å². The number of para-hydroxylation sites is 1. The summed E-state index contributed by atoms with van der Waals surface area (Å²) in [6.45, 7) is 0.816. The molecule has 5 heteroatoms. The monoisotopic (exact) mass is 527 g/mol. The number of hydrogen-bond donors (Lipinski definition) is 1.